The summed E-state index contributed by atoms with van der Waals surface area (Å²) in [4.78, 5) is 22.3. The molecule has 0 aliphatic carbocycles. The van der Waals surface area contributed by atoms with Crippen molar-refractivity contribution >= 4 is 29.4 Å². The number of nitrogens with zero attached hydrogens (tertiary/aromatic N) is 2. The number of hydrogen-bond donors (Lipinski definition) is 2. The number of nitro benzene ring substituents is 1. The number of halogens is 1. The molecule has 1 heterocycles. The van der Waals surface area contributed by atoms with Crippen LogP contribution in [0, 0.1) is 10.1 Å². The lowest BCUT2D eigenvalue weighted by atomic mass is 10.1. The fourth-order valence-corrected chi connectivity index (χ4v) is 2.47. The minimum Gasteiger partial charge on any atom is -0.507 e. The average Bonchev–Trinajstić information content (AvgIpc) is 3.10. The summed E-state index contributed by atoms with van der Waals surface area (Å²) in [5.41, 5.74) is 2.60. The Morgan fingerprint density at radius 1 is 1.22 bits per heavy atom. The van der Waals surface area contributed by atoms with Gasteiger partial charge in [-0.05, 0) is 30.3 Å². The van der Waals surface area contributed by atoms with Gasteiger partial charge in [0.25, 0.3) is 11.6 Å². The van der Waals surface area contributed by atoms with Crippen LogP contribution in [0.4, 0.5) is 5.69 Å². The Kier molecular flexibility index (Phi) is 5.18. The van der Waals surface area contributed by atoms with E-state index in [0.717, 1.165) is 0 Å². The van der Waals surface area contributed by atoms with Crippen LogP contribution in [0.5, 0.6) is 5.75 Å². The number of benzene rings is 2. The Balaban J connectivity index is 1.74. The first-order valence-electron chi connectivity index (χ1n) is 7.61. The molecular weight excluding hydrogens is 374 g/mol. The number of para-hydroxylation sites is 1. The van der Waals surface area contributed by atoms with E-state index in [4.69, 9.17) is 16.0 Å². The third-order valence-corrected chi connectivity index (χ3v) is 3.89. The summed E-state index contributed by atoms with van der Waals surface area (Å²) in [5.74, 6) is -0.133. The zero-order chi connectivity index (χ0) is 19.4. The SMILES string of the molecule is O=C(NN=Cc1ccc(-c2cc([N+](=O)[O-])ccc2Cl)o1)c1ccccc1O. The van der Waals surface area contributed by atoms with Gasteiger partial charge in [-0.1, -0.05) is 23.7 Å². The molecule has 3 rings (SSSR count). The van der Waals surface area contributed by atoms with E-state index in [-0.39, 0.29) is 17.0 Å². The van der Waals surface area contributed by atoms with E-state index in [9.17, 15) is 20.0 Å². The Bertz CT molecular complexity index is 1040. The molecule has 3 aromatic rings. The van der Waals surface area contributed by atoms with Gasteiger partial charge in [0.1, 0.15) is 17.3 Å². The van der Waals surface area contributed by atoms with Crippen molar-refractivity contribution in [2.24, 2.45) is 5.10 Å². The Hall–Kier alpha value is -3.65. The number of non-ortho nitro benzene ring substituents is 1. The number of nitrogens with one attached hydrogen (secondary N) is 1. The minimum absolute atomic E-state index is 0.0816. The standard InChI is InChI=1S/C18H12ClN3O5/c19-15-7-5-11(22(25)26)9-14(15)17-8-6-12(27-17)10-20-21-18(24)13-3-1-2-4-16(13)23/h1-10,23H,(H,21,24). The molecule has 136 valence electrons. The molecular formula is C18H12ClN3O5. The first-order valence-corrected chi connectivity index (χ1v) is 7.99. The number of nitro groups is 1. The van der Waals surface area contributed by atoms with Gasteiger partial charge < -0.3 is 9.52 Å². The van der Waals surface area contributed by atoms with Gasteiger partial charge in [0, 0.05) is 17.7 Å². The maximum atomic E-state index is 11.9. The first-order chi connectivity index (χ1) is 13.0. The zero-order valence-electron chi connectivity index (χ0n) is 13.6. The summed E-state index contributed by atoms with van der Waals surface area (Å²) >= 11 is 6.08. The molecule has 0 saturated heterocycles. The number of aromatic hydroxyl groups is 1. The van der Waals surface area contributed by atoms with E-state index < -0.39 is 10.8 Å². The van der Waals surface area contributed by atoms with Gasteiger partial charge >= 0.3 is 0 Å². The molecule has 1 amide bonds. The number of hydrogen-bond acceptors (Lipinski definition) is 6. The van der Waals surface area contributed by atoms with Crippen LogP contribution in [-0.4, -0.2) is 22.2 Å². The fraction of sp³-hybridized carbons (Fsp3) is 0. The van der Waals surface area contributed by atoms with Crippen LogP contribution in [0.15, 0.2) is 64.1 Å². The van der Waals surface area contributed by atoms with Gasteiger partial charge in [0.05, 0.1) is 21.7 Å². The van der Waals surface area contributed by atoms with Crippen molar-refractivity contribution in [1.82, 2.24) is 5.43 Å². The Morgan fingerprint density at radius 2 is 2.00 bits per heavy atom. The van der Waals surface area contributed by atoms with E-state index in [2.05, 4.69) is 10.5 Å². The number of amides is 1. The summed E-state index contributed by atoms with van der Waals surface area (Å²) in [6, 6.07) is 13.2. The van der Waals surface area contributed by atoms with Gasteiger partial charge in [0.2, 0.25) is 0 Å². The van der Waals surface area contributed by atoms with E-state index in [1.165, 1.54) is 36.5 Å². The number of rotatable bonds is 5. The molecule has 2 aromatic carbocycles. The quantitative estimate of drug-likeness (QED) is 0.391. The molecule has 0 aliphatic heterocycles. The highest BCUT2D eigenvalue weighted by atomic mass is 35.5. The maximum Gasteiger partial charge on any atom is 0.275 e. The highest BCUT2D eigenvalue weighted by Gasteiger charge is 2.14. The first kappa shape index (κ1) is 18.2. The van der Waals surface area contributed by atoms with Crippen LogP contribution < -0.4 is 5.43 Å². The number of furan rings is 1. The second kappa shape index (κ2) is 7.71. The minimum atomic E-state index is -0.585. The molecule has 0 saturated carbocycles. The van der Waals surface area contributed by atoms with Crippen LogP contribution in [0.2, 0.25) is 5.02 Å². The van der Waals surface area contributed by atoms with Crippen molar-refractivity contribution in [2.75, 3.05) is 0 Å². The Labute approximate surface area is 157 Å². The van der Waals surface area contributed by atoms with Crippen LogP contribution in [0.25, 0.3) is 11.3 Å². The topological polar surface area (TPSA) is 118 Å². The molecule has 0 atom stereocenters. The normalized spacial score (nSPS) is 10.9. The lowest BCUT2D eigenvalue weighted by molar-refractivity contribution is -0.384. The summed E-state index contributed by atoms with van der Waals surface area (Å²) in [6.07, 6.45) is 1.26. The third-order valence-electron chi connectivity index (χ3n) is 3.56. The van der Waals surface area contributed by atoms with Crippen molar-refractivity contribution in [2.45, 2.75) is 0 Å². The second-order valence-electron chi connectivity index (χ2n) is 5.34. The van der Waals surface area contributed by atoms with Crippen molar-refractivity contribution in [3.8, 4) is 17.1 Å². The average molecular weight is 386 g/mol. The van der Waals surface area contributed by atoms with Crippen molar-refractivity contribution in [3.63, 3.8) is 0 Å². The molecule has 0 spiro atoms. The highest BCUT2D eigenvalue weighted by molar-refractivity contribution is 6.33. The number of phenolic OH excluding ortho intramolecular Hbond substituents is 1. The van der Waals surface area contributed by atoms with Gasteiger partial charge in [0.15, 0.2) is 0 Å². The maximum absolute atomic E-state index is 11.9. The van der Waals surface area contributed by atoms with E-state index >= 15 is 0 Å². The van der Waals surface area contributed by atoms with Crippen molar-refractivity contribution < 1.29 is 19.2 Å². The molecule has 0 radical (unpaired) electrons. The van der Waals surface area contributed by atoms with Crippen LogP contribution in [-0.2, 0) is 0 Å². The highest BCUT2D eigenvalue weighted by Crippen LogP contribution is 2.32. The molecule has 9 heteroatoms. The molecule has 0 fully saturated rings. The summed E-state index contributed by atoms with van der Waals surface area (Å²) < 4.78 is 5.54. The molecule has 0 bridgehead atoms. The largest absolute Gasteiger partial charge is 0.507 e. The molecule has 27 heavy (non-hydrogen) atoms. The van der Waals surface area contributed by atoms with Crippen molar-refractivity contribution in [3.05, 3.63) is 81.1 Å². The third kappa shape index (κ3) is 4.13. The Morgan fingerprint density at radius 3 is 2.74 bits per heavy atom. The number of hydrazone groups is 1. The smallest absolute Gasteiger partial charge is 0.275 e. The monoisotopic (exact) mass is 385 g/mol. The number of carbonyl (C=O) groups is 1. The predicted molar refractivity (Wildman–Crippen MR) is 99.0 cm³/mol. The number of phenols is 1. The predicted octanol–water partition coefficient (Wildman–Crippen LogP) is 3.98. The zero-order valence-corrected chi connectivity index (χ0v) is 14.4. The van der Waals surface area contributed by atoms with Gasteiger partial charge in [-0.2, -0.15) is 5.10 Å². The van der Waals surface area contributed by atoms with Crippen molar-refractivity contribution in [1.29, 1.82) is 0 Å². The van der Waals surface area contributed by atoms with E-state index in [1.807, 2.05) is 0 Å². The molecule has 0 unspecified atom stereocenters. The lowest BCUT2D eigenvalue weighted by Crippen LogP contribution is -2.17. The summed E-state index contributed by atoms with van der Waals surface area (Å²) in [6.45, 7) is 0. The summed E-state index contributed by atoms with van der Waals surface area (Å²) in [5, 5.41) is 24.6. The molecule has 2 N–H and O–H groups in total. The van der Waals surface area contributed by atoms with Gasteiger partial charge in [-0.3, -0.25) is 14.9 Å². The second-order valence-corrected chi connectivity index (χ2v) is 5.75. The lowest BCUT2D eigenvalue weighted by Gasteiger charge is -2.01. The van der Waals surface area contributed by atoms with E-state index in [0.29, 0.717) is 22.1 Å². The summed E-state index contributed by atoms with van der Waals surface area (Å²) in [7, 11) is 0. The molecule has 0 aliphatic rings. The van der Waals surface area contributed by atoms with Crippen LogP contribution in [0.3, 0.4) is 0 Å². The van der Waals surface area contributed by atoms with Crippen LogP contribution in [0.1, 0.15) is 16.1 Å². The molecule has 8 nitrogen and oxygen atoms in total. The van der Waals surface area contributed by atoms with Gasteiger partial charge in [-0.25, -0.2) is 5.43 Å². The fourth-order valence-electron chi connectivity index (χ4n) is 2.26. The van der Waals surface area contributed by atoms with Gasteiger partial charge in [-0.15, -0.1) is 0 Å². The number of carbonyl (C=O) groups excluding carboxylic acids is 1. The van der Waals surface area contributed by atoms with Crippen LogP contribution >= 0.6 is 11.6 Å². The van der Waals surface area contributed by atoms with E-state index in [1.54, 1.807) is 24.3 Å². The molecule has 1 aromatic heterocycles.